The Morgan fingerprint density at radius 2 is 1.65 bits per heavy atom. The lowest BCUT2D eigenvalue weighted by atomic mass is 9.88. The molecule has 324 valence electrons. The van der Waals surface area contributed by atoms with Gasteiger partial charge in [0.15, 0.2) is 0 Å². The number of nitrogens with one attached hydrogen (secondary N) is 2. The van der Waals surface area contributed by atoms with E-state index in [1.54, 1.807) is 12.1 Å². The molecule has 4 N–H and O–H groups in total. The number of carbonyl (C=O) groups is 3. The number of hydrogen-bond acceptors (Lipinski definition) is 10. The van der Waals surface area contributed by atoms with Crippen molar-refractivity contribution in [1.29, 1.82) is 0 Å². The van der Waals surface area contributed by atoms with Crippen molar-refractivity contribution in [2.45, 2.75) is 63.5 Å². The summed E-state index contributed by atoms with van der Waals surface area (Å²) < 4.78 is 17.5. The van der Waals surface area contributed by atoms with Crippen LogP contribution in [0.4, 0.5) is 21.6 Å². The first-order chi connectivity index (χ1) is 30.1. The zero-order chi connectivity index (χ0) is 42.9. The third-order valence-corrected chi connectivity index (χ3v) is 13.9. The van der Waals surface area contributed by atoms with E-state index in [2.05, 4.69) is 67.1 Å². The molecule has 4 aliphatic rings. The minimum absolute atomic E-state index is 0.118. The third-order valence-electron chi connectivity index (χ3n) is 13.9. The number of aromatic nitrogens is 3. The van der Waals surface area contributed by atoms with Gasteiger partial charge in [-0.2, -0.15) is 0 Å². The number of nitrogens with zero attached hydrogens (tertiary/aromatic N) is 7. The summed E-state index contributed by atoms with van der Waals surface area (Å²) in [6.07, 6.45) is 8.45. The van der Waals surface area contributed by atoms with Gasteiger partial charge in [0.05, 0.1) is 5.69 Å². The van der Waals surface area contributed by atoms with Crippen molar-refractivity contribution in [2.24, 2.45) is 13.0 Å². The van der Waals surface area contributed by atoms with E-state index < -0.39 is 6.04 Å². The maximum atomic E-state index is 15.2. The Morgan fingerprint density at radius 1 is 0.887 bits per heavy atom. The molecule has 3 aromatic heterocycles. The van der Waals surface area contributed by atoms with Crippen molar-refractivity contribution in [3.8, 4) is 11.1 Å². The number of amides is 3. The number of carbonyl (C=O) groups excluding carboxylic acids is 3. The molecule has 5 aromatic rings. The average molecular weight is 841 g/mol. The number of fused-ring (bicyclic) bond motifs is 1. The number of aryl methyl sites for hydroxylation is 1. The number of nitrogens with two attached hydrogens (primary N) is 1. The fourth-order valence-corrected chi connectivity index (χ4v) is 10.1. The number of anilines is 3. The number of imide groups is 1. The van der Waals surface area contributed by atoms with Crippen LogP contribution >= 0.6 is 0 Å². The van der Waals surface area contributed by atoms with Crippen LogP contribution in [0.5, 0.6) is 0 Å². The highest BCUT2D eigenvalue weighted by Crippen LogP contribution is 2.36. The molecule has 13 nitrogen and oxygen atoms in total. The number of likely N-dealkylation sites (tertiary alicyclic amines) is 2. The molecule has 0 radical (unpaired) electrons. The van der Waals surface area contributed by atoms with Crippen LogP contribution in [0.15, 0.2) is 79.1 Å². The summed E-state index contributed by atoms with van der Waals surface area (Å²) in [5.74, 6) is 0.641. The highest BCUT2D eigenvalue weighted by molar-refractivity contribution is 6.01. The third kappa shape index (κ3) is 8.76. The first kappa shape index (κ1) is 41.5. The van der Waals surface area contributed by atoms with Gasteiger partial charge in [-0.05, 0) is 130 Å². The lowest BCUT2D eigenvalue weighted by Gasteiger charge is -2.39. The molecule has 4 aliphatic heterocycles. The van der Waals surface area contributed by atoms with E-state index in [4.69, 9.17) is 10.7 Å². The molecule has 7 heterocycles. The average Bonchev–Trinajstić information content (AvgIpc) is 3.64. The molecule has 0 saturated carbocycles. The predicted molar refractivity (Wildman–Crippen MR) is 240 cm³/mol. The van der Waals surface area contributed by atoms with Gasteiger partial charge < -0.3 is 25.4 Å². The number of pyridine rings is 2. The number of piperazine rings is 1. The van der Waals surface area contributed by atoms with Gasteiger partial charge in [0.1, 0.15) is 23.3 Å². The largest absolute Gasteiger partial charge is 0.384 e. The number of nitrogen functional groups attached to an aromatic ring is 1. The second-order valence-corrected chi connectivity index (χ2v) is 17.6. The monoisotopic (exact) mass is 840 g/mol. The summed E-state index contributed by atoms with van der Waals surface area (Å²) in [5.41, 5.74) is 13.4. The summed E-state index contributed by atoms with van der Waals surface area (Å²) in [7, 11) is 2.11. The Kier molecular flexibility index (Phi) is 11.9. The Labute approximate surface area is 362 Å². The van der Waals surface area contributed by atoms with E-state index in [0.717, 1.165) is 112 Å². The van der Waals surface area contributed by atoms with Gasteiger partial charge in [-0.1, -0.05) is 12.1 Å². The zero-order valence-electron chi connectivity index (χ0n) is 35.7. The van der Waals surface area contributed by atoms with Gasteiger partial charge in [-0.15, -0.1) is 0 Å². The second kappa shape index (κ2) is 17.9. The van der Waals surface area contributed by atoms with Crippen molar-refractivity contribution in [3.05, 3.63) is 102 Å². The molecule has 1 unspecified atom stereocenters. The maximum Gasteiger partial charge on any atom is 0.253 e. The summed E-state index contributed by atoms with van der Waals surface area (Å²) in [6.45, 7) is 9.98. The van der Waals surface area contributed by atoms with Crippen LogP contribution < -0.4 is 21.3 Å². The minimum atomic E-state index is -0.550. The standard InChI is InChI=1S/C48H57FN10O3/c1-31(43-28-39-38(13-18-51-46(39)55(43)2)36-7-11-44(50)52-29-36)57-21-16-34(17-22-57)33-3-5-35(6-4-33)48(62)59-19-14-32(15-20-59)30-56-23-25-58(26-24-56)42-10-8-37(27-40(42)49)53-41-9-12-45(60)54-47(41)61/h3-8,10-11,13,18,27-29,31-32,34,41,53H,9,12,14-17,19-26,30H2,1-2H3,(H2,50,52)(H,54,60,61)/t31-,41?/m1/s1. The lowest BCUT2D eigenvalue weighted by molar-refractivity contribution is -0.133. The van der Waals surface area contributed by atoms with Crippen molar-refractivity contribution >= 4 is 45.9 Å². The number of hydrogen-bond donors (Lipinski definition) is 3. The Balaban J connectivity index is 0.716. The van der Waals surface area contributed by atoms with Crippen molar-refractivity contribution in [2.75, 3.05) is 74.9 Å². The van der Waals surface area contributed by atoms with Gasteiger partial charge in [-0.3, -0.25) is 29.5 Å². The van der Waals surface area contributed by atoms with Gasteiger partial charge in [0, 0.05) is 106 Å². The first-order valence-corrected chi connectivity index (χ1v) is 22.2. The highest BCUT2D eigenvalue weighted by atomic mass is 19.1. The van der Waals surface area contributed by atoms with Crippen LogP contribution in [0.25, 0.3) is 22.2 Å². The summed E-state index contributed by atoms with van der Waals surface area (Å²) >= 11 is 0. The normalized spacial score (nSPS) is 20.4. The van der Waals surface area contributed by atoms with Gasteiger partial charge >= 0.3 is 0 Å². The maximum absolute atomic E-state index is 15.2. The van der Waals surface area contributed by atoms with Gasteiger partial charge in [0.25, 0.3) is 5.91 Å². The quantitative estimate of drug-likeness (QED) is 0.139. The SMILES string of the molecule is C[C@H](c1cc2c(-c3ccc(N)nc3)ccnc2n1C)N1CCC(c2ccc(C(=O)N3CCC(CN4CCN(c5ccc(NC6CCC(=O)NC6=O)cc5F)CC4)CC3)cc2)CC1. The van der Waals surface area contributed by atoms with Crippen LogP contribution in [0, 0.1) is 11.7 Å². The fourth-order valence-electron chi connectivity index (χ4n) is 10.1. The first-order valence-electron chi connectivity index (χ1n) is 22.2. The van der Waals surface area contributed by atoms with Crippen molar-refractivity contribution < 1.29 is 18.8 Å². The van der Waals surface area contributed by atoms with Crippen molar-refractivity contribution in [3.63, 3.8) is 0 Å². The molecule has 62 heavy (non-hydrogen) atoms. The predicted octanol–water partition coefficient (Wildman–Crippen LogP) is 6.19. The molecular weight excluding hydrogens is 784 g/mol. The van der Waals surface area contributed by atoms with E-state index in [1.807, 2.05) is 47.6 Å². The summed E-state index contributed by atoms with van der Waals surface area (Å²) in [4.78, 5) is 55.4. The molecule has 2 aromatic carbocycles. The molecule has 4 saturated heterocycles. The molecular formula is C48H57FN10O3. The van der Waals surface area contributed by atoms with Crippen LogP contribution in [0.1, 0.15) is 79.0 Å². The number of piperidine rings is 3. The molecule has 0 spiro atoms. The van der Waals surface area contributed by atoms with E-state index in [9.17, 15) is 14.4 Å². The molecule has 9 rings (SSSR count). The lowest BCUT2D eigenvalue weighted by Crippen LogP contribution is -2.49. The minimum Gasteiger partial charge on any atom is -0.384 e. The number of halogens is 1. The van der Waals surface area contributed by atoms with Crippen LogP contribution in [0.3, 0.4) is 0 Å². The molecule has 3 amide bonds. The Bertz CT molecular complexity index is 2410. The molecule has 0 aliphatic carbocycles. The van der Waals surface area contributed by atoms with E-state index in [0.29, 0.717) is 35.4 Å². The van der Waals surface area contributed by atoms with Crippen LogP contribution in [-0.2, 0) is 16.6 Å². The van der Waals surface area contributed by atoms with E-state index in [1.165, 1.54) is 17.3 Å². The molecule has 0 bridgehead atoms. The Hall–Kier alpha value is -5.86. The molecule has 2 atom stereocenters. The van der Waals surface area contributed by atoms with Crippen molar-refractivity contribution in [1.82, 2.24) is 34.6 Å². The van der Waals surface area contributed by atoms with Crippen LogP contribution in [0.2, 0.25) is 0 Å². The molecule has 4 fully saturated rings. The summed E-state index contributed by atoms with van der Waals surface area (Å²) in [5, 5.41) is 6.51. The topological polar surface area (TPSA) is 145 Å². The second-order valence-electron chi connectivity index (χ2n) is 17.6. The highest BCUT2D eigenvalue weighted by Gasteiger charge is 2.30. The number of benzene rings is 2. The smallest absolute Gasteiger partial charge is 0.253 e. The van der Waals surface area contributed by atoms with Gasteiger partial charge in [0.2, 0.25) is 11.8 Å². The number of rotatable bonds is 10. The molecule has 14 heteroatoms. The summed E-state index contributed by atoms with van der Waals surface area (Å²) in [6, 6.07) is 21.3. The van der Waals surface area contributed by atoms with E-state index in [-0.39, 0.29) is 36.0 Å². The van der Waals surface area contributed by atoms with Gasteiger partial charge in [-0.25, -0.2) is 14.4 Å². The van der Waals surface area contributed by atoms with E-state index >= 15 is 4.39 Å². The Morgan fingerprint density at radius 3 is 2.34 bits per heavy atom. The fraction of sp³-hybridized carbons (Fsp3) is 0.438. The van der Waals surface area contributed by atoms with Crippen LogP contribution in [-0.4, -0.2) is 112 Å². The zero-order valence-corrected chi connectivity index (χ0v) is 35.7.